The minimum atomic E-state index is -0.369. The van der Waals surface area contributed by atoms with Gasteiger partial charge in [0.1, 0.15) is 5.69 Å². The van der Waals surface area contributed by atoms with E-state index in [4.69, 9.17) is 11.6 Å². The van der Waals surface area contributed by atoms with Gasteiger partial charge in [-0.3, -0.25) is 9.59 Å². The second-order valence-electron chi connectivity index (χ2n) is 6.34. The lowest BCUT2D eigenvalue weighted by atomic mass is 10.1. The molecule has 0 aliphatic carbocycles. The number of ketones is 1. The zero-order valence-electron chi connectivity index (χ0n) is 15.7. The first-order valence-corrected chi connectivity index (χ1v) is 9.01. The Bertz CT molecular complexity index is 1050. The van der Waals surface area contributed by atoms with Gasteiger partial charge in [0.15, 0.2) is 5.78 Å². The van der Waals surface area contributed by atoms with Gasteiger partial charge in [-0.1, -0.05) is 17.7 Å². The number of hydrogen-bond donors (Lipinski definition) is 2. The molecule has 2 N–H and O–H groups in total. The van der Waals surface area contributed by atoms with Gasteiger partial charge in [0.05, 0.1) is 0 Å². The van der Waals surface area contributed by atoms with Gasteiger partial charge in [-0.15, -0.1) is 0 Å². The van der Waals surface area contributed by atoms with Crippen molar-refractivity contribution < 1.29 is 9.59 Å². The number of Topliss-reactive ketones (excluding diaryl/α,β-unsaturated/α-hetero) is 1. The second-order valence-corrected chi connectivity index (χ2v) is 6.75. The third kappa shape index (κ3) is 4.53. The minimum Gasteiger partial charge on any atom is -0.324 e. The van der Waals surface area contributed by atoms with Crippen LogP contribution in [0.1, 0.15) is 39.0 Å². The van der Waals surface area contributed by atoms with Crippen molar-refractivity contribution in [2.45, 2.75) is 20.8 Å². The van der Waals surface area contributed by atoms with Crippen molar-refractivity contribution >= 4 is 40.6 Å². The maximum atomic E-state index is 12.6. The summed E-state index contributed by atoms with van der Waals surface area (Å²) in [4.78, 5) is 32.6. The van der Waals surface area contributed by atoms with Gasteiger partial charge in [-0.25, -0.2) is 9.97 Å². The summed E-state index contributed by atoms with van der Waals surface area (Å²) in [6, 6.07) is 13.8. The fraction of sp³-hybridized carbons (Fsp3) is 0.143. The Labute approximate surface area is 168 Å². The fourth-order valence-electron chi connectivity index (χ4n) is 2.59. The molecular formula is C21H19ClN4O2. The summed E-state index contributed by atoms with van der Waals surface area (Å²) in [5.41, 5.74) is 3.67. The van der Waals surface area contributed by atoms with Crippen LogP contribution in [-0.2, 0) is 0 Å². The van der Waals surface area contributed by atoms with Crippen LogP contribution in [0.15, 0.2) is 48.5 Å². The SMILES string of the molecule is CC(=O)c1ccc(NC(=O)c2cc(C)nc(Nc3cccc(Cl)c3C)n2)cc1. The summed E-state index contributed by atoms with van der Waals surface area (Å²) in [7, 11) is 0. The van der Waals surface area contributed by atoms with Crippen molar-refractivity contribution in [3.8, 4) is 0 Å². The smallest absolute Gasteiger partial charge is 0.274 e. The number of nitrogens with one attached hydrogen (secondary N) is 2. The first kappa shape index (κ1) is 19.5. The fourth-order valence-corrected chi connectivity index (χ4v) is 2.76. The van der Waals surface area contributed by atoms with Gasteiger partial charge in [0, 0.05) is 27.7 Å². The van der Waals surface area contributed by atoms with Crippen LogP contribution in [0.2, 0.25) is 5.02 Å². The van der Waals surface area contributed by atoms with Gasteiger partial charge in [0.25, 0.3) is 5.91 Å². The molecule has 0 fully saturated rings. The lowest BCUT2D eigenvalue weighted by molar-refractivity contribution is 0.101. The Kier molecular flexibility index (Phi) is 5.70. The molecule has 0 saturated heterocycles. The molecule has 0 unspecified atom stereocenters. The van der Waals surface area contributed by atoms with Gasteiger partial charge >= 0.3 is 0 Å². The van der Waals surface area contributed by atoms with Crippen LogP contribution in [0, 0.1) is 13.8 Å². The van der Waals surface area contributed by atoms with Gasteiger partial charge in [-0.2, -0.15) is 0 Å². The van der Waals surface area contributed by atoms with Crippen molar-refractivity contribution in [3.05, 3.63) is 76.1 Å². The van der Waals surface area contributed by atoms with Crippen molar-refractivity contribution in [2.24, 2.45) is 0 Å². The standard InChI is InChI=1S/C21H19ClN4O2/c1-12-11-19(20(28)24-16-9-7-15(8-10-16)14(3)27)26-21(23-12)25-18-6-4-5-17(22)13(18)2/h4-11H,1-3H3,(H,24,28)(H,23,25,26). The quantitative estimate of drug-likeness (QED) is 0.598. The van der Waals surface area contributed by atoms with Crippen LogP contribution in [0.25, 0.3) is 0 Å². The zero-order chi connectivity index (χ0) is 20.3. The van der Waals surface area contributed by atoms with E-state index in [1.165, 1.54) is 6.92 Å². The third-order valence-electron chi connectivity index (χ3n) is 4.15. The maximum absolute atomic E-state index is 12.6. The molecule has 0 aliphatic heterocycles. The molecule has 0 radical (unpaired) electrons. The Morgan fingerprint density at radius 1 is 1.00 bits per heavy atom. The van der Waals surface area contributed by atoms with Crippen LogP contribution in [-0.4, -0.2) is 21.7 Å². The first-order valence-electron chi connectivity index (χ1n) is 8.63. The van der Waals surface area contributed by atoms with E-state index in [0.717, 1.165) is 11.3 Å². The highest BCUT2D eigenvalue weighted by Crippen LogP contribution is 2.25. The van der Waals surface area contributed by atoms with Crippen molar-refractivity contribution in [3.63, 3.8) is 0 Å². The van der Waals surface area contributed by atoms with Crippen LogP contribution < -0.4 is 10.6 Å². The molecule has 0 spiro atoms. The van der Waals surface area contributed by atoms with Crippen molar-refractivity contribution in [1.29, 1.82) is 0 Å². The molecule has 1 heterocycles. The monoisotopic (exact) mass is 394 g/mol. The molecule has 1 aromatic heterocycles. The van der Waals surface area contributed by atoms with E-state index in [1.54, 1.807) is 43.3 Å². The average Bonchev–Trinajstić information content (AvgIpc) is 2.65. The van der Waals surface area contributed by atoms with Gasteiger partial charge in [0.2, 0.25) is 5.95 Å². The third-order valence-corrected chi connectivity index (χ3v) is 4.56. The number of nitrogens with zero attached hydrogens (tertiary/aromatic N) is 2. The number of hydrogen-bond acceptors (Lipinski definition) is 5. The molecule has 0 aliphatic rings. The molecule has 0 bridgehead atoms. The second kappa shape index (κ2) is 8.19. The minimum absolute atomic E-state index is 0.0312. The van der Waals surface area contributed by atoms with Crippen LogP contribution in [0.4, 0.5) is 17.3 Å². The highest BCUT2D eigenvalue weighted by atomic mass is 35.5. The topological polar surface area (TPSA) is 84.0 Å². The summed E-state index contributed by atoms with van der Waals surface area (Å²) in [6.45, 7) is 5.17. The van der Waals surface area contributed by atoms with Crippen LogP contribution >= 0.6 is 11.6 Å². The molecule has 6 nitrogen and oxygen atoms in total. The molecule has 3 rings (SSSR count). The predicted molar refractivity (Wildman–Crippen MR) is 111 cm³/mol. The van der Waals surface area contributed by atoms with Crippen LogP contribution in [0.3, 0.4) is 0 Å². The molecule has 1 amide bonds. The maximum Gasteiger partial charge on any atom is 0.274 e. The number of halogens is 1. The summed E-state index contributed by atoms with van der Waals surface area (Å²) in [5.74, 6) is -0.0919. The number of aryl methyl sites for hydroxylation is 1. The van der Waals surface area contributed by atoms with Gasteiger partial charge < -0.3 is 10.6 Å². The molecule has 7 heteroatoms. The molecule has 28 heavy (non-hydrogen) atoms. The first-order chi connectivity index (χ1) is 13.3. The molecule has 0 saturated carbocycles. The molecule has 3 aromatic rings. The number of rotatable bonds is 5. The van der Waals surface area contributed by atoms with Crippen molar-refractivity contribution in [2.75, 3.05) is 10.6 Å². The van der Waals surface area contributed by atoms with E-state index in [1.807, 2.05) is 19.1 Å². The lowest BCUT2D eigenvalue weighted by Gasteiger charge is -2.11. The predicted octanol–water partition coefficient (Wildman–Crippen LogP) is 4.95. The number of benzene rings is 2. The summed E-state index contributed by atoms with van der Waals surface area (Å²) < 4.78 is 0. The number of carbonyl (C=O) groups excluding carboxylic acids is 2. The average molecular weight is 395 g/mol. The molecule has 2 aromatic carbocycles. The Morgan fingerprint density at radius 3 is 2.39 bits per heavy atom. The zero-order valence-corrected chi connectivity index (χ0v) is 16.5. The highest BCUT2D eigenvalue weighted by molar-refractivity contribution is 6.31. The molecule has 142 valence electrons. The number of anilines is 3. The van der Waals surface area contributed by atoms with Crippen LogP contribution in [0.5, 0.6) is 0 Å². The van der Waals surface area contributed by atoms with E-state index in [0.29, 0.717) is 27.9 Å². The Morgan fingerprint density at radius 2 is 1.71 bits per heavy atom. The number of aromatic nitrogens is 2. The van der Waals surface area contributed by atoms with E-state index in [2.05, 4.69) is 20.6 Å². The van der Waals surface area contributed by atoms with Gasteiger partial charge in [-0.05, 0) is 68.8 Å². The van der Waals surface area contributed by atoms with E-state index >= 15 is 0 Å². The summed E-state index contributed by atoms with van der Waals surface area (Å²) >= 11 is 6.15. The number of amides is 1. The normalized spacial score (nSPS) is 10.4. The van der Waals surface area contributed by atoms with E-state index < -0.39 is 0 Å². The molecule has 0 atom stereocenters. The van der Waals surface area contributed by atoms with E-state index in [9.17, 15) is 9.59 Å². The number of carbonyl (C=O) groups is 2. The lowest BCUT2D eigenvalue weighted by Crippen LogP contribution is -2.15. The largest absolute Gasteiger partial charge is 0.324 e. The summed E-state index contributed by atoms with van der Waals surface area (Å²) in [6.07, 6.45) is 0. The molecular weight excluding hydrogens is 376 g/mol. The van der Waals surface area contributed by atoms with E-state index in [-0.39, 0.29) is 17.4 Å². The highest BCUT2D eigenvalue weighted by Gasteiger charge is 2.12. The summed E-state index contributed by atoms with van der Waals surface area (Å²) in [5, 5.41) is 6.51. The Balaban J connectivity index is 1.81. The van der Waals surface area contributed by atoms with Crippen molar-refractivity contribution in [1.82, 2.24) is 9.97 Å². The Hall–Kier alpha value is -3.25.